The number of nitrogens with zero attached hydrogens (tertiary/aromatic N) is 3. The molecule has 1 atom stereocenters. The zero-order valence-corrected chi connectivity index (χ0v) is 17.8. The molecule has 1 N–H and O–H groups in total. The minimum atomic E-state index is -0.577. The first-order valence-electron chi connectivity index (χ1n) is 9.30. The Morgan fingerprint density at radius 2 is 1.90 bits per heavy atom. The highest BCUT2D eigenvalue weighted by Crippen LogP contribution is 2.40. The molecule has 6 nitrogen and oxygen atoms in total. The Bertz CT molecular complexity index is 1240. The highest BCUT2D eigenvalue weighted by molar-refractivity contribution is 7.98. The Labute approximate surface area is 182 Å². The molecule has 0 saturated carbocycles. The number of hydrogen-bond donors (Lipinski definition) is 1. The zero-order valence-electron chi connectivity index (χ0n) is 16.2. The number of furan rings is 1. The molecule has 2 aromatic heterocycles. The van der Waals surface area contributed by atoms with Gasteiger partial charge < -0.3 is 14.5 Å². The number of hydrogen-bond acceptors (Lipinski definition) is 7. The standard InChI is InChI=1S/C22H17ClN4O2S/c1-12-7-8-13(23)11-15(12)17-9-10-18(28-17)20-24-16-6-4-3-5-14(16)19-21(29-20)25-22(30-2)27-26-19/h3-11,20,24H,1-2H3/t20-/m1/s1. The van der Waals surface area contributed by atoms with Crippen molar-refractivity contribution in [1.82, 2.24) is 15.2 Å². The number of aryl methyl sites for hydroxylation is 1. The summed E-state index contributed by atoms with van der Waals surface area (Å²) >= 11 is 7.59. The minimum Gasteiger partial charge on any atom is -0.455 e. The molecule has 4 aromatic rings. The van der Waals surface area contributed by atoms with Gasteiger partial charge in [-0.1, -0.05) is 47.6 Å². The summed E-state index contributed by atoms with van der Waals surface area (Å²) in [6.45, 7) is 2.02. The van der Waals surface area contributed by atoms with E-state index in [1.165, 1.54) is 11.8 Å². The van der Waals surface area contributed by atoms with E-state index in [0.717, 1.165) is 28.1 Å². The molecule has 0 radical (unpaired) electrons. The molecule has 3 heterocycles. The van der Waals surface area contributed by atoms with Gasteiger partial charge in [-0.25, -0.2) is 0 Å². The average Bonchev–Trinajstić information content (AvgIpc) is 3.19. The molecule has 0 bridgehead atoms. The number of anilines is 1. The molecule has 0 saturated heterocycles. The summed E-state index contributed by atoms with van der Waals surface area (Å²) in [4.78, 5) is 4.53. The van der Waals surface area contributed by atoms with E-state index in [9.17, 15) is 0 Å². The van der Waals surface area contributed by atoms with E-state index in [1.54, 1.807) is 0 Å². The molecule has 0 fully saturated rings. The number of ether oxygens (including phenoxy) is 1. The third kappa shape index (κ3) is 3.40. The van der Waals surface area contributed by atoms with E-state index in [0.29, 0.717) is 27.5 Å². The Balaban J connectivity index is 1.57. The fourth-order valence-corrected chi connectivity index (χ4v) is 3.83. The van der Waals surface area contributed by atoms with E-state index in [4.69, 9.17) is 20.8 Å². The molecular weight excluding hydrogens is 420 g/mol. The van der Waals surface area contributed by atoms with Crippen molar-refractivity contribution in [2.24, 2.45) is 0 Å². The maximum atomic E-state index is 6.21. The number of thioether (sulfide) groups is 1. The zero-order chi connectivity index (χ0) is 20.7. The molecule has 0 amide bonds. The molecule has 8 heteroatoms. The number of para-hydroxylation sites is 1. The van der Waals surface area contributed by atoms with Gasteiger partial charge in [0, 0.05) is 21.8 Å². The van der Waals surface area contributed by atoms with Crippen molar-refractivity contribution in [2.45, 2.75) is 18.3 Å². The van der Waals surface area contributed by atoms with Crippen LogP contribution in [0.2, 0.25) is 5.02 Å². The summed E-state index contributed by atoms with van der Waals surface area (Å²) in [7, 11) is 0. The molecular formula is C22H17ClN4O2S. The topological polar surface area (TPSA) is 73.1 Å². The Morgan fingerprint density at radius 1 is 1.03 bits per heavy atom. The van der Waals surface area contributed by atoms with Crippen molar-refractivity contribution in [3.05, 3.63) is 70.9 Å². The Morgan fingerprint density at radius 3 is 2.77 bits per heavy atom. The molecule has 1 aliphatic heterocycles. The first-order chi connectivity index (χ1) is 14.6. The number of nitrogens with one attached hydrogen (secondary N) is 1. The maximum absolute atomic E-state index is 6.21. The van der Waals surface area contributed by atoms with E-state index in [2.05, 4.69) is 20.5 Å². The summed E-state index contributed by atoms with van der Waals surface area (Å²) in [5, 5.41) is 13.1. The average molecular weight is 437 g/mol. The number of aromatic nitrogens is 3. The molecule has 1 aliphatic rings. The van der Waals surface area contributed by atoms with Crippen molar-refractivity contribution in [2.75, 3.05) is 11.6 Å². The third-order valence-corrected chi connectivity index (χ3v) is 5.64. The first kappa shape index (κ1) is 19.0. The van der Waals surface area contributed by atoms with Crippen LogP contribution in [0.5, 0.6) is 5.88 Å². The number of halogens is 1. The third-order valence-electron chi connectivity index (χ3n) is 4.87. The van der Waals surface area contributed by atoms with Crippen LogP contribution in [-0.4, -0.2) is 21.4 Å². The van der Waals surface area contributed by atoms with E-state index >= 15 is 0 Å². The van der Waals surface area contributed by atoms with Crippen molar-refractivity contribution < 1.29 is 9.15 Å². The van der Waals surface area contributed by atoms with Crippen LogP contribution in [0.4, 0.5) is 5.69 Å². The van der Waals surface area contributed by atoms with Crippen LogP contribution in [0.15, 0.2) is 64.2 Å². The van der Waals surface area contributed by atoms with Crippen LogP contribution in [-0.2, 0) is 0 Å². The van der Waals surface area contributed by atoms with Gasteiger partial charge in [0.05, 0.1) is 0 Å². The lowest BCUT2D eigenvalue weighted by Crippen LogP contribution is -2.16. The van der Waals surface area contributed by atoms with Gasteiger partial charge in [0.25, 0.3) is 0 Å². The second-order valence-electron chi connectivity index (χ2n) is 6.80. The van der Waals surface area contributed by atoms with E-state index in [-0.39, 0.29) is 0 Å². The maximum Gasteiger partial charge on any atom is 0.247 e. The fraction of sp³-hybridized carbons (Fsp3) is 0.136. The summed E-state index contributed by atoms with van der Waals surface area (Å²) in [6, 6.07) is 17.4. The molecule has 150 valence electrons. The van der Waals surface area contributed by atoms with Gasteiger partial charge >= 0.3 is 0 Å². The van der Waals surface area contributed by atoms with Crippen LogP contribution in [0.3, 0.4) is 0 Å². The first-order valence-corrected chi connectivity index (χ1v) is 10.9. The normalized spacial score (nSPS) is 14.8. The Kier molecular flexibility index (Phi) is 4.84. The van der Waals surface area contributed by atoms with Gasteiger partial charge in [0.2, 0.25) is 17.3 Å². The van der Waals surface area contributed by atoms with Gasteiger partial charge in [0.1, 0.15) is 5.76 Å². The van der Waals surface area contributed by atoms with Crippen LogP contribution >= 0.6 is 23.4 Å². The number of fused-ring (bicyclic) bond motifs is 3. The van der Waals surface area contributed by atoms with Crippen molar-refractivity contribution >= 4 is 29.1 Å². The lowest BCUT2D eigenvalue weighted by atomic mass is 10.1. The molecule has 0 aliphatic carbocycles. The highest BCUT2D eigenvalue weighted by atomic mass is 35.5. The van der Waals surface area contributed by atoms with Crippen molar-refractivity contribution in [3.63, 3.8) is 0 Å². The molecule has 30 heavy (non-hydrogen) atoms. The molecule has 0 spiro atoms. The SMILES string of the molecule is CSc1nnc2c(n1)O[C@H](c1ccc(-c3cc(Cl)ccc3C)o1)Nc1ccccc1-2. The second kappa shape index (κ2) is 7.66. The van der Waals surface area contributed by atoms with Crippen LogP contribution in [0.1, 0.15) is 17.6 Å². The summed E-state index contributed by atoms with van der Waals surface area (Å²) in [6.07, 6.45) is 1.32. The number of benzene rings is 2. The quantitative estimate of drug-likeness (QED) is 0.395. The summed E-state index contributed by atoms with van der Waals surface area (Å²) in [5.74, 6) is 1.75. The van der Waals surface area contributed by atoms with Crippen LogP contribution in [0.25, 0.3) is 22.6 Å². The van der Waals surface area contributed by atoms with Crippen LogP contribution < -0.4 is 10.1 Å². The molecule has 0 unspecified atom stereocenters. The smallest absolute Gasteiger partial charge is 0.247 e. The number of rotatable bonds is 3. The lowest BCUT2D eigenvalue weighted by Gasteiger charge is -2.16. The predicted molar refractivity (Wildman–Crippen MR) is 118 cm³/mol. The van der Waals surface area contributed by atoms with Gasteiger partial charge in [-0.2, -0.15) is 4.98 Å². The van der Waals surface area contributed by atoms with Crippen LogP contribution in [0, 0.1) is 6.92 Å². The highest BCUT2D eigenvalue weighted by Gasteiger charge is 2.28. The van der Waals surface area contributed by atoms with Crippen molar-refractivity contribution in [3.8, 4) is 28.5 Å². The summed E-state index contributed by atoms with van der Waals surface area (Å²) < 4.78 is 12.4. The van der Waals surface area contributed by atoms with Gasteiger partial charge in [-0.15, -0.1) is 10.2 Å². The van der Waals surface area contributed by atoms with Gasteiger partial charge in [-0.05, 0) is 49.1 Å². The monoisotopic (exact) mass is 436 g/mol. The van der Waals surface area contributed by atoms with E-state index in [1.807, 2.05) is 67.8 Å². The second-order valence-corrected chi connectivity index (χ2v) is 8.01. The van der Waals surface area contributed by atoms with E-state index < -0.39 is 6.23 Å². The fourth-order valence-electron chi connectivity index (χ4n) is 3.36. The molecule has 5 rings (SSSR count). The van der Waals surface area contributed by atoms with Gasteiger partial charge in [-0.3, -0.25) is 0 Å². The predicted octanol–water partition coefficient (Wildman–Crippen LogP) is 5.99. The lowest BCUT2D eigenvalue weighted by molar-refractivity contribution is 0.196. The minimum absolute atomic E-state index is 0.411. The Hall–Kier alpha value is -3.03. The largest absolute Gasteiger partial charge is 0.455 e. The summed E-state index contributed by atoms with van der Waals surface area (Å²) in [5.41, 5.74) is 4.35. The molecule has 2 aromatic carbocycles. The van der Waals surface area contributed by atoms with Crippen molar-refractivity contribution in [1.29, 1.82) is 0 Å². The van der Waals surface area contributed by atoms with Gasteiger partial charge in [0.15, 0.2) is 11.5 Å².